The van der Waals surface area contributed by atoms with Gasteiger partial charge in [0.2, 0.25) is 5.16 Å². The lowest BCUT2D eigenvalue weighted by molar-refractivity contribution is -0.134. The van der Waals surface area contributed by atoms with Crippen LogP contribution in [0.3, 0.4) is 0 Å². The molecule has 0 bridgehead atoms. The molecule has 0 aromatic carbocycles. The molecule has 0 saturated heterocycles. The molecule has 5 nitrogen and oxygen atoms in total. The Hall–Kier alpha value is -1.30. The average molecular weight is 199 g/mol. The smallest absolute Gasteiger partial charge is 0.330 e. The lowest BCUT2D eigenvalue weighted by Gasteiger charge is -1.87. The molecule has 0 atom stereocenters. The van der Waals surface area contributed by atoms with Crippen molar-refractivity contribution in [3.8, 4) is 0 Å². The van der Waals surface area contributed by atoms with E-state index in [1.54, 1.807) is 12.3 Å². The third kappa shape index (κ3) is 3.29. The van der Waals surface area contributed by atoms with Crippen LogP contribution in [0, 0.1) is 6.92 Å². The number of hydrogen-bond donors (Lipinski definition) is 1. The standard InChI is InChI=1S/C7H9N3O2S/c1-5-8-7(10-9-5)13-4-3-6(11)12-2/h3-4H,1-2H3,(H,8,9,10). The molecule has 0 spiro atoms. The number of ether oxygens (including phenoxy) is 1. The van der Waals surface area contributed by atoms with Crippen LogP contribution in [0.1, 0.15) is 5.82 Å². The highest BCUT2D eigenvalue weighted by Gasteiger charge is 1.97. The van der Waals surface area contributed by atoms with Gasteiger partial charge in [-0.2, -0.15) is 0 Å². The monoisotopic (exact) mass is 199 g/mol. The van der Waals surface area contributed by atoms with E-state index in [-0.39, 0.29) is 5.97 Å². The Kier molecular flexibility index (Phi) is 3.51. The van der Waals surface area contributed by atoms with Gasteiger partial charge in [0.15, 0.2) is 0 Å². The van der Waals surface area contributed by atoms with Gasteiger partial charge >= 0.3 is 5.97 Å². The van der Waals surface area contributed by atoms with Crippen LogP contribution in [0.15, 0.2) is 16.6 Å². The Morgan fingerprint density at radius 1 is 1.69 bits per heavy atom. The normalized spacial score (nSPS) is 10.6. The molecule has 1 N–H and O–H groups in total. The molecule has 70 valence electrons. The summed E-state index contributed by atoms with van der Waals surface area (Å²) in [7, 11) is 1.33. The lowest BCUT2D eigenvalue weighted by Crippen LogP contribution is -1.92. The zero-order valence-corrected chi connectivity index (χ0v) is 8.09. The Balaban J connectivity index is 2.43. The Bertz CT molecular complexity index is 321. The highest BCUT2D eigenvalue weighted by Crippen LogP contribution is 2.12. The topological polar surface area (TPSA) is 67.9 Å². The number of thioether (sulfide) groups is 1. The predicted molar refractivity (Wildman–Crippen MR) is 48.1 cm³/mol. The first-order valence-corrected chi connectivity index (χ1v) is 4.40. The van der Waals surface area contributed by atoms with Gasteiger partial charge in [0.25, 0.3) is 0 Å². The minimum absolute atomic E-state index is 0.389. The van der Waals surface area contributed by atoms with Gasteiger partial charge in [0.05, 0.1) is 7.11 Å². The van der Waals surface area contributed by atoms with Gasteiger partial charge in [-0.05, 0) is 12.3 Å². The average Bonchev–Trinajstić information content (AvgIpc) is 2.51. The van der Waals surface area contributed by atoms with Gasteiger partial charge in [0.1, 0.15) is 5.82 Å². The van der Waals surface area contributed by atoms with Crippen molar-refractivity contribution in [1.82, 2.24) is 15.2 Å². The van der Waals surface area contributed by atoms with Gasteiger partial charge < -0.3 is 4.74 Å². The second-order valence-electron chi connectivity index (χ2n) is 2.15. The molecular weight excluding hydrogens is 190 g/mol. The Morgan fingerprint density at radius 3 is 3.00 bits per heavy atom. The van der Waals surface area contributed by atoms with Crippen LogP contribution in [0.4, 0.5) is 0 Å². The summed E-state index contributed by atoms with van der Waals surface area (Å²) in [5.41, 5.74) is 0. The molecule has 6 heteroatoms. The second kappa shape index (κ2) is 4.66. The number of methoxy groups -OCH3 is 1. The van der Waals surface area contributed by atoms with Crippen molar-refractivity contribution < 1.29 is 9.53 Å². The highest BCUT2D eigenvalue weighted by molar-refractivity contribution is 8.02. The maximum absolute atomic E-state index is 10.6. The molecular formula is C7H9N3O2S. The first kappa shape index (κ1) is 9.79. The van der Waals surface area contributed by atoms with Gasteiger partial charge in [-0.25, -0.2) is 9.78 Å². The van der Waals surface area contributed by atoms with Crippen LogP contribution in [0.2, 0.25) is 0 Å². The summed E-state index contributed by atoms with van der Waals surface area (Å²) in [6.07, 6.45) is 1.32. The van der Waals surface area contributed by atoms with E-state index < -0.39 is 0 Å². The van der Waals surface area contributed by atoms with Crippen molar-refractivity contribution in [3.63, 3.8) is 0 Å². The number of nitrogens with one attached hydrogen (secondary N) is 1. The molecule has 1 aromatic rings. The van der Waals surface area contributed by atoms with Crippen molar-refractivity contribution in [1.29, 1.82) is 0 Å². The van der Waals surface area contributed by atoms with Crippen molar-refractivity contribution >= 4 is 17.7 Å². The molecule has 1 heterocycles. The molecule has 0 unspecified atom stereocenters. The number of carbonyl (C=O) groups excluding carboxylic acids is 1. The quantitative estimate of drug-likeness (QED) is 0.445. The molecule has 0 aliphatic rings. The van der Waals surface area contributed by atoms with Crippen molar-refractivity contribution in [2.45, 2.75) is 12.1 Å². The summed E-state index contributed by atoms with van der Waals surface area (Å²) in [6.45, 7) is 1.81. The molecule has 1 rings (SSSR count). The number of aryl methyl sites for hydroxylation is 1. The van der Waals surface area contributed by atoms with E-state index in [9.17, 15) is 4.79 Å². The van der Waals surface area contributed by atoms with E-state index in [1.807, 2.05) is 0 Å². The molecule has 0 radical (unpaired) electrons. The number of esters is 1. The van der Waals surface area contributed by atoms with E-state index in [2.05, 4.69) is 19.9 Å². The fraction of sp³-hybridized carbons (Fsp3) is 0.286. The number of H-pyrrole nitrogens is 1. The summed E-state index contributed by atoms with van der Waals surface area (Å²) in [5, 5.41) is 8.71. The van der Waals surface area contributed by atoms with Crippen LogP contribution < -0.4 is 0 Å². The van der Waals surface area contributed by atoms with Gasteiger partial charge in [0, 0.05) is 6.08 Å². The maximum atomic E-state index is 10.6. The van der Waals surface area contributed by atoms with Crippen LogP contribution in [-0.4, -0.2) is 28.3 Å². The number of hydrogen-bond acceptors (Lipinski definition) is 5. The first-order valence-electron chi connectivity index (χ1n) is 3.52. The molecule has 1 aromatic heterocycles. The number of rotatable bonds is 3. The molecule has 0 saturated carbocycles. The largest absolute Gasteiger partial charge is 0.466 e. The molecule has 0 aliphatic carbocycles. The summed E-state index contributed by atoms with van der Waals surface area (Å²) in [5.74, 6) is 0.355. The fourth-order valence-electron chi connectivity index (χ4n) is 0.593. The summed E-state index contributed by atoms with van der Waals surface area (Å²) in [4.78, 5) is 14.7. The van der Waals surface area contributed by atoms with Crippen LogP contribution in [0.25, 0.3) is 0 Å². The number of nitrogens with zero attached hydrogens (tertiary/aromatic N) is 2. The van der Waals surface area contributed by atoms with Gasteiger partial charge in [-0.15, -0.1) is 5.10 Å². The Labute approximate surface area is 79.6 Å². The Morgan fingerprint density at radius 2 is 2.46 bits per heavy atom. The van der Waals surface area contributed by atoms with E-state index in [0.717, 1.165) is 5.82 Å². The van der Waals surface area contributed by atoms with E-state index in [4.69, 9.17) is 0 Å². The first-order chi connectivity index (χ1) is 6.22. The minimum atomic E-state index is -0.389. The number of aromatic amines is 1. The van der Waals surface area contributed by atoms with Gasteiger partial charge in [-0.3, -0.25) is 5.10 Å². The predicted octanol–water partition coefficient (Wildman–Crippen LogP) is 0.892. The fourth-order valence-corrected chi connectivity index (χ4v) is 1.18. The summed E-state index contributed by atoms with van der Waals surface area (Å²) >= 11 is 1.25. The highest BCUT2D eigenvalue weighted by atomic mass is 32.2. The zero-order valence-electron chi connectivity index (χ0n) is 7.27. The number of aromatic nitrogens is 3. The van der Waals surface area contributed by atoms with Crippen LogP contribution in [-0.2, 0) is 9.53 Å². The van der Waals surface area contributed by atoms with E-state index >= 15 is 0 Å². The zero-order chi connectivity index (χ0) is 9.68. The third-order valence-corrected chi connectivity index (χ3v) is 1.82. The maximum Gasteiger partial charge on any atom is 0.330 e. The van der Waals surface area contributed by atoms with Crippen LogP contribution in [0.5, 0.6) is 0 Å². The third-order valence-electron chi connectivity index (χ3n) is 1.16. The van der Waals surface area contributed by atoms with Gasteiger partial charge in [-0.1, -0.05) is 11.8 Å². The molecule has 13 heavy (non-hydrogen) atoms. The molecule has 0 fully saturated rings. The summed E-state index contributed by atoms with van der Waals surface area (Å²) in [6, 6.07) is 0. The van der Waals surface area contributed by atoms with Crippen LogP contribution >= 0.6 is 11.8 Å². The molecule has 0 aliphatic heterocycles. The van der Waals surface area contributed by atoms with E-state index in [0.29, 0.717) is 5.16 Å². The van der Waals surface area contributed by atoms with Crippen molar-refractivity contribution in [3.05, 3.63) is 17.3 Å². The summed E-state index contributed by atoms with van der Waals surface area (Å²) < 4.78 is 4.41. The van der Waals surface area contributed by atoms with Crippen molar-refractivity contribution in [2.24, 2.45) is 0 Å². The van der Waals surface area contributed by atoms with E-state index in [1.165, 1.54) is 24.9 Å². The minimum Gasteiger partial charge on any atom is -0.466 e. The van der Waals surface area contributed by atoms with Crippen molar-refractivity contribution in [2.75, 3.05) is 7.11 Å². The SMILES string of the molecule is COC(=O)C=CSc1n[nH]c(C)n1. The lowest BCUT2D eigenvalue weighted by atomic mass is 10.7. The molecule has 0 amide bonds. The second-order valence-corrected chi connectivity index (χ2v) is 3.02. The number of carbonyl (C=O) groups is 1.